The van der Waals surface area contributed by atoms with Crippen molar-refractivity contribution in [2.75, 3.05) is 6.61 Å². The van der Waals surface area contributed by atoms with Gasteiger partial charge in [-0.2, -0.15) is 5.10 Å². The third-order valence-electron chi connectivity index (χ3n) is 3.52. The predicted octanol–water partition coefficient (Wildman–Crippen LogP) is -0.444. The molecule has 1 aromatic heterocycles. The molecule has 9 nitrogen and oxygen atoms in total. The van der Waals surface area contributed by atoms with Gasteiger partial charge < -0.3 is 20.1 Å². The first-order valence-electron chi connectivity index (χ1n) is 6.27. The van der Waals surface area contributed by atoms with Crippen molar-refractivity contribution in [3.8, 4) is 0 Å². The summed E-state index contributed by atoms with van der Waals surface area (Å²) >= 11 is 0. The van der Waals surface area contributed by atoms with Gasteiger partial charge in [0.25, 0.3) is 5.69 Å². The van der Waals surface area contributed by atoms with Crippen molar-refractivity contribution in [2.45, 2.75) is 24.5 Å². The van der Waals surface area contributed by atoms with Gasteiger partial charge in [0.15, 0.2) is 6.23 Å². The normalized spacial score (nSPS) is 29.1. The van der Waals surface area contributed by atoms with Gasteiger partial charge in [-0.05, 0) is 6.07 Å². The lowest BCUT2D eigenvalue weighted by molar-refractivity contribution is -0.383. The number of rotatable bonds is 3. The van der Waals surface area contributed by atoms with E-state index in [0.29, 0.717) is 10.9 Å². The van der Waals surface area contributed by atoms with E-state index in [9.17, 15) is 20.3 Å². The SMILES string of the molecule is O=[N+]([O-])c1cccc2nn([C@H]3O[C@@H](CO)[C@@H](O)[C@@H]3O)cc12. The highest BCUT2D eigenvalue weighted by molar-refractivity contribution is 5.87. The molecule has 0 bridgehead atoms. The van der Waals surface area contributed by atoms with Crippen LogP contribution in [0.5, 0.6) is 0 Å². The maximum absolute atomic E-state index is 11.0. The van der Waals surface area contributed by atoms with Gasteiger partial charge in [-0.15, -0.1) is 0 Å². The van der Waals surface area contributed by atoms with Crippen molar-refractivity contribution in [2.24, 2.45) is 0 Å². The quantitative estimate of drug-likeness (QED) is 0.516. The van der Waals surface area contributed by atoms with E-state index in [2.05, 4.69) is 5.10 Å². The molecule has 21 heavy (non-hydrogen) atoms. The number of hydrogen-bond donors (Lipinski definition) is 3. The molecule has 0 saturated carbocycles. The Morgan fingerprint density at radius 1 is 1.38 bits per heavy atom. The molecule has 3 N–H and O–H groups in total. The van der Waals surface area contributed by atoms with E-state index in [4.69, 9.17) is 9.84 Å². The third-order valence-corrected chi connectivity index (χ3v) is 3.52. The van der Waals surface area contributed by atoms with Crippen LogP contribution in [0.4, 0.5) is 5.69 Å². The average Bonchev–Trinajstić information content (AvgIpc) is 3.01. The largest absolute Gasteiger partial charge is 0.394 e. The number of fused-ring (bicyclic) bond motifs is 1. The molecule has 0 amide bonds. The Balaban J connectivity index is 2.02. The Kier molecular flexibility index (Phi) is 3.33. The van der Waals surface area contributed by atoms with Crippen LogP contribution in [0.2, 0.25) is 0 Å². The zero-order valence-corrected chi connectivity index (χ0v) is 10.7. The minimum Gasteiger partial charge on any atom is -0.394 e. The first-order valence-corrected chi connectivity index (χ1v) is 6.27. The molecule has 0 aliphatic carbocycles. The number of non-ortho nitro benzene ring substituents is 1. The highest BCUT2D eigenvalue weighted by Crippen LogP contribution is 2.32. The highest BCUT2D eigenvalue weighted by Gasteiger charge is 2.43. The Morgan fingerprint density at radius 3 is 2.76 bits per heavy atom. The molecule has 1 saturated heterocycles. The molecule has 112 valence electrons. The number of aliphatic hydroxyl groups is 3. The van der Waals surface area contributed by atoms with Crippen LogP contribution in [0.1, 0.15) is 6.23 Å². The third kappa shape index (κ3) is 2.16. The lowest BCUT2D eigenvalue weighted by Gasteiger charge is -2.14. The lowest BCUT2D eigenvalue weighted by Crippen LogP contribution is -2.33. The molecule has 4 atom stereocenters. The summed E-state index contributed by atoms with van der Waals surface area (Å²) in [5, 5.41) is 44.1. The van der Waals surface area contributed by atoms with E-state index in [1.54, 1.807) is 6.07 Å². The maximum Gasteiger partial charge on any atom is 0.280 e. The summed E-state index contributed by atoms with van der Waals surface area (Å²) in [4.78, 5) is 10.5. The number of benzene rings is 1. The Labute approximate surface area is 118 Å². The van der Waals surface area contributed by atoms with Crippen LogP contribution in [0, 0.1) is 10.1 Å². The van der Waals surface area contributed by atoms with Crippen molar-refractivity contribution < 1.29 is 25.0 Å². The lowest BCUT2D eigenvalue weighted by atomic mass is 10.1. The van der Waals surface area contributed by atoms with E-state index in [0.717, 1.165) is 0 Å². The predicted molar refractivity (Wildman–Crippen MR) is 69.4 cm³/mol. The molecule has 1 aliphatic heterocycles. The summed E-state index contributed by atoms with van der Waals surface area (Å²) < 4.78 is 6.56. The van der Waals surface area contributed by atoms with Crippen LogP contribution in [-0.2, 0) is 4.74 Å². The highest BCUT2D eigenvalue weighted by atomic mass is 16.6. The summed E-state index contributed by atoms with van der Waals surface area (Å²) in [7, 11) is 0. The number of aromatic nitrogens is 2. The molecule has 1 aromatic carbocycles. The van der Waals surface area contributed by atoms with Crippen LogP contribution in [0.3, 0.4) is 0 Å². The summed E-state index contributed by atoms with van der Waals surface area (Å²) in [5.41, 5.74) is 0.271. The summed E-state index contributed by atoms with van der Waals surface area (Å²) in [6.45, 7) is -0.449. The van der Waals surface area contributed by atoms with Crippen molar-refractivity contribution in [3.63, 3.8) is 0 Å². The van der Waals surface area contributed by atoms with Gasteiger partial charge in [0, 0.05) is 12.3 Å². The maximum atomic E-state index is 11.0. The first-order chi connectivity index (χ1) is 10.0. The van der Waals surface area contributed by atoms with E-state index < -0.39 is 36.1 Å². The minimum absolute atomic E-state index is 0.106. The smallest absolute Gasteiger partial charge is 0.280 e. The van der Waals surface area contributed by atoms with Gasteiger partial charge in [-0.3, -0.25) is 10.1 Å². The van der Waals surface area contributed by atoms with E-state index >= 15 is 0 Å². The standard InChI is InChI=1S/C12H13N3O6/c16-5-9-10(17)11(18)12(21-9)14-4-6-7(13-14)2-1-3-8(6)15(19)20/h1-4,9-12,16-18H,5H2/t9-,10+,11-,12-/m0/s1. The van der Waals surface area contributed by atoms with Crippen LogP contribution in [0.25, 0.3) is 10.9 Å². The molecule has 9 heteroatoms. The fourth-order valence-corrected chi connectivity index (χ4v) is 2.43. The molecular weight excluding hydrogens is 282 g/mol. The zero-order valence-electron chi connectivity index (χ0n) is 10.7. The zero-order chi connectivity index (χ0) is 15.1. The summed E-state index contributed by atoms with van der Waals surface area (Å²) in [6, 6.07) is 4.46. The van der Waals surface area contributed by atoms with Crippen LogP contribution >= 0.6 is 0 Å². The fraction of sp³-hybridized carbons (Fsp3) is 0.417. The summed E-state index contributed by atoms with van der Waals surface area (Å²) in [5.74, 6) is 0. The first kappa shape index (κ1) is 13.9. The van der Waals surface area contributed by atoms with Gasteiger partial charge >= 0.3 is 0 Å². The van der Waals surface area contributed by atoms with Gasteiger partial charge in [-0.25, -0.2) is 4.68 Å². The van der Waals surface area contributed by atoms with Crippen molar-refractivity contribution in [1.29, 1.82) is 0 Å². The minimum atomic E-state index is -1.28. The number of nitro groups is 1. The number of ether oxygens (including phenoxy) is 1. The molecule has 3 rings (SSSR count). The molecule has 1 fully saturated rings. The number of hydrogen-bond acceptors (Lipinski definition) is 7. The molecule has 1 aliphatic rings. The Bertz CT molecular complexity index is 687. The summed E-state index contributed by atoms with van der Waals surface area (Å²) in [6.07, 6.45) is -3.08. The fourth-order valence-electron chi connectivity index (χ4n) is 2.43. The number of aliphatic hydroxyl groups excluding tert-OH is 3. The van der Waals surface area contributed by atoms with Crippen molar-refractivity contribution in [3.05, 3.63) is 34.5 Å². The number of nitro benzene ring substituents is 1. The average molecular weight is 295 g/mol. The van der Waals surface area contributed by atoms with Crippen LogP contribution in [-0.4, -0.2) is 54.9 Å². The van der Waals surface area contributed by atoms with E-state index in [1.807, 2.05) is 0 Å². The second-order valence-corrected chi connectivity index (χ2v) is 4.81. The molecule has 0 spiro atoms. The monoisotopic (exact) mass is 295 g/mol. The van der Waals surface area contributed by atoms with Crippen molar-refractivity contribution >= 4 is 16.6 Å². The van der Waals surface area contributed by atoms with Crippen molar-refractivity contribution in [1.82, 2.24) is 9.78 Å². The second-order valence-electron chi connectivity index (χ2n) is 4.81. The van der Waals surface area contributed by atoms with Crippen LogP contribution in [0.15, 0.2) is 24.4 Å². The van der Waals surface area contributed by atoms with Gasteiger partial charge in [0.1, 0.15) is 18.3 Å². The molecule has 2 aromatic rings. The van der Waals surface area contributed by atoms with Gasteiger partial charge in [0.2, 0.25) is 0 Å². The van der Waals surface area contributed by atoms with Gasteiger partial charge in [-0.1, -0.05) is 6.07 Å². The topological polar surface area (TPSA) is 131 Å². The van der Waals surface area contributed by atoms with E-state index in [1.165, 1.54) is 23.0 Å². The Hall–Kier alpha value is -2.07. The molecule has 0 unspecified atom stereocenters. The molecule has 2 heterocycles. The van der Waals surface area contributed by atoms with Gasteiger partial charge in [0.05, 0.1) is 22.4 Å². The number of nitrogens with zero attached hydrogens (tertiary/aromatic N) is 3. The van der Waals surface area contributed by atoms with Crippen LogP contribution < -0.4 is 0 Å². The second kappa shape index (κ2) is 5.04. The molecular formula is C12H13N3O6. The molecule has 0 radical (unpaired) electrons. The Morgan fingerprint density at radius 2 is 2.14 bits per heavy atom. The van der Waals surface area contributed by atoms with E-state index in [-0.39, 0.29) is 5.69 Å².